The van der Waals surface area contributed by atoms with Gasteiger partial charge < -0.3 is 10.8 Å². The van der Waals surface area contributed by atoms with Crippen molar-refractivity contribution in [1.82, 2.24) is 0 Å². The number of aliphatic hydroxyl groups is 1. The molecule has 0 amide bonds. The molecule has 0 bridgehead atoms. The summed E-state index contributed by atoms with van der Waals surface area (Å²) < 4.78 is 0. The molecule has 0 atom stereocenters. The van der Waals surface area contributed by atoms with Gasteiger partial charge in [-0.25, -0.2) is 0 Å². The summed E-state index contributed by atoms with van der Waals surface area (Å²) in [5.41, 5.74) is 6.53. The summed E-state index contributed by atoms with van der Waals surface area (Å²) in [5.74, 6) is 0. The Morgan fingerprint density at radius 2 is 2.19 bits per heavy atom. The van der Waals surface area contributed by atoms with Crippen LogP contribution in [-0.4, -0.2) is 16.1 Å². The Morgan fingerprint density at radius 1 is 1.56 bits per heavy atom. The van der Waals surface area contributed by atoms with E-state index in [1.165, 1.54) is 0 Å². The first-order valence-electron chi connectivity index (χ1n) is 5.15. The standard InChI is InChI=1S/C11H14N2O3/c1-7-3-2-4-9(10(7)13(15)16)11(12)5-8(14)6-11/h2-4,8,14H,5-6,12H2,1H3. The second-order valence-electron chi connectivity index (χ2n) is 4.45. The van der Waals surface area contributed by atoms with E-state index in [0.29, 0.717) is 24.0 Å². The number of nitro benzene ring substituents is 1. The van der Waals surface area contributed by atoms with Crippen molar-refractivity contribution in [1.29, 1.82) is 0 Å². The first kappa shape index (κ1) is 11.0. The van der Waals surface area contributed by atoms with Crippen LogP contribution in [0.1, 0.15) is 24.0 Å². The van der Waals surface area contributed by atoms with Crippen LogP contribution in [0.3, 0.4) is 0 Å². The predicted octanol–water partition coefficient (Wildman–Crippen LogP) is 1.21. The molecule has 16 heavy (non-hydrogen) atoms. The largest absolute Gasteiger partial charge is 0.393 e. The van der Waals surface area contributed by atoms with Crippen LogP contribution in [0.15, 0.2) is 18.2 Å². The Bertz CT molecular complexity index is 439. The number of aliphatic hydroxyl groups excluding tert-OH is 1. The molecule has 0 heterocycles. The quantitative estimate of drug-likeness (QED) is 0.581. The van der Waals surface area contributed by atoms with Crippen LogP contribution in [0.25, 0.3) is 0 Å². The van der Waals surface area contributed by atoms with Crippen LogP contribution < -0.4 is 5.73 Å². The first-order valence-corrected chi connectivity index (χ1v) is 5.15. The van der Waals surface area contributed by atoms with Gasteiger partial charge in [-0.1, -0.05) is 18.2 Å². The van der Waals surface area contributed by atoms with E-state index in [0.717, 1.165) is 0 Å². The summed E-state index contributed by atoms with van der Waals surface area (Å²) in [6, 6.07) is 5.13. The Morgan fingerprint density at radius 3 is 2.69 bits per heavy atom. The minimum atomic E-state index is -0.742. The maximum Gasteiger partial charge on any atom is 0.277 e. The first-order chi connectivity index (χ1) is 7.44. The number of rotatable bonds is 2. The van der Waals surface area contributed by atoms with Gasteiger partial charge in [-0.15, -0.1) is 0 Å². The van der Waals surface area contributed by atoms with Gasteiger partial charge in [-0.05, 0) is 19.8 Å². The predicted molar refractivity (Wildman–Crippen MR) is 58.9 cm³/mol. The van der Waals surface area contributed by atoms with E-state index < -0.39 is 16.6 Å². The molecule has 1 aromatic rings. The molecule has 1 fully saturated rings. The molecule has 5 heteroatoms. The van der Waals surface area contributed by atoms with Gasteiger partial charge in [-0.3, -0.25) is 10.1 Å². The van der Waals surface area contributed by atoms with Gasteiger partial charge in [0.25, 0.3) is 5.69 Å². The molecule has 1 aliphatic carbocycles. The van der Waals surface area contributed by atoms with E-state index in [-0.39, 0.29) is 5.69 Å². The Balaban J connectivity index is 2.49. The molecule has 0 spiro atoms. The van der Waals surface area contributed by atoms with Crippen molar-refractivity contribution in [3.05, 3.63) is 39.4 Å². The number of benzene rings is 1. The van der Waals surface area contributed by atoms with Crippen molar-refractivity contribution in [2.75, 3.05) is 0 Å². The highest BCUT2D eigenvalue weighted by molar-refractivity contribution is 5.51. The number of aryl methyl sites for hydroxylation is 1. The minimum Gasteiger partial charge on any atom is -0.393 e. The second kappa shape index (κ2) is 3.54. The zero-order valence-electron chi connectivity index (χ0n) is 9.01. The molecule has 3 N–H and O–H groups in total. The van der Waals surface area contributed by atoms with Crippen LogP contribution in [0, 0.1) is 17.0 Å². The van der Waals surface area contributed by atoms with Gasteiger partial charge in [0.05, 0.1) is 22.1 Å². The van der Waals surface area contributed by atoms with Crippen LogP contribution in [0.2, 0.25) is 0 Å². The number of hydrogen-bond acceptors (Lipinski definition) is 4. The molecule has 1 aromatic carbocycles. The highest BCUT2D eigenvalue weighted by atomic mass is 16.6. The summed E-state index contributed by atoms with van der Waals surface area (Å²) in [5, 5.41) is 20.3. The molecule has 86 valence electrons. The summed E-state index contributed by atoms with van der Waals surface area (Å²) in [6.45, 7) is 1.69. The van der Waals surface area contributed by atoms with Crippen LogP contribution in [0.4, 0.5) is 5.69 Å². The third-order valence-electron chi connectivity index (χ3n) is 3.16. The van der Waals surface area contributed by atoms with E-state index in [9.17, 15) is 15.2 Å². The zero-order valence-corrected chi connectivity index (χ0v) is 9.01. The number of hydrogen-bond donors (Lipinski definition) is 2. The Labute approximate surface area is 93.0 Å². The molecular formula is C11H14N2O3. The lowest BCUT2D eigenvalue weighted by Gasteiger charge is -2.42. The minimum absolute atomic E-state index is 0.0805. The summed E-state index contributed by atoms with van der Waals surface area (Å²) in [6.07, 6.45) is 0.333. The lowest BCUT2D eigenvalue weighted by Crippen LogP contribution is -2.51. The molecule has 0 unspecified atom stereocenters. The van der Waals surface area contributed by atoms with Gasteiger partial charge in [0.2, 0.25) is 0 Å². The van der Waals surface area contributed by atoms with E-state index in [1.807, 2.05) is 0 Å². The van der Waals surface area contributed by atoms with Crippen LogP contribution in [-0.2, 0) is 5.54 Å². The summed E-state index contributed by atoms with van der Waals surface area (Å²) in [4.78, 5) is 10.6. The fourth-order valence-corrected chi connectivity index (χ4v) is 2.30. The van der Waals surface area contributed by atoms with Crippen molar-refractivity contribution in [2.24, 2.45) is 5.73 Å². The molecule has 0 radical (unpaired) electrons. The lowest BCUT2D eigenvalue weighted by molar-refractivity contribution is -0.386. The molecule has 0 saturated heterocycles. The van der Waals surface area contributed by atoms with Gasteiger partial charge in [-0.2, -0.15) is 0 Å². The summed E-state index contributed by atoms with van der Waals surface area (Å²) >= 11 is 0. The topological polar surface area (TPSA) is 89.4 Å². The third kappa shape index (κ3) is 1.58. The van der Waals surface area contributed by atoms with E-state index >= 15 is 0 Å². The second-order valence-corrected chi connectivity index (χ2v) is 4.45. The number of nitrogens with two attached hydrogens (primary N) is 1. The smallest absolute Gasteiger partial charge is 0.277 e. The van der Waals surface area contributed by atoms with Gasteiger partial charge in [0, 0.05) is 5.56 Å². The van der Waals surface area contributed by atoms with E-state index in [2.05, 4.69) is 0 Å². The average molecular weight is 222 g/mol. The van der Waals surface area contributed by atoms with Gasteiger partial charge in [0.15, 0.2) is 0 Å². The summed E-state index contributed by atoms with van der Waals surface area (Å²) in [7, 11) is 0. The number of nitro groups is 1. The van der Waals surface area contributed by atoms with E-state index in [1.54, 1.807) is 25.1 Å². The van der Waals surface area contributed by atoms with E-state index in [4.69, 9.17) is 5.73 Å². The average Bonchev–Trinajstić information content (AvgIpc) is 2.14. The highest BCUT2D eigenvalue weighted by Gasteiger charge is 2.45. The maximum absolute atomic E-state index is 11.0. The van der Waals surface area contributed by atoms with Gasteiger partial charge >= 0.3 is 0 Å². The molecule has 0 aromatic heterocycles. The monoisotopic (exact) mass is 222 g/mol. The van der Waals surface area contributed by atoms with Crippen LogP contribution in [0.5, 0.6) is 0 Å². The molecule has 5 nitrogen and oxygen atoms in total. The van der Waals surface area contributed by atoms with Crippen molar-refractivity contribution in [2.45, 2.75) is 31.4 Å². The molecule has 1 aliphatic rings. The van der Waals surface area contributed by atoms with Crippen LogP contribution >= 0.6 is 0 Å². The number of nitrogens with zero attached hydrogens (tertiary/aromatic N) is 1. The van der Waals surface area contributed by atoms with Crippen molar-refractivity contribution in [3.63, 3.8) is 0 Å². The Kier molecular flexibility index (Phi) is 2.44. The fourth-order valence-electron chi connectivity index (χ4n) is 2.30. The molecular weight excluding hydrogens is 208 g/mol. The van der Waals surface area contributed by atoms with Crippen molar-refractivity contribution >= 4 is 5.69 Å². The van der Waals surface area contributed by atoms with Crippen molar-refractivity contribution < 1.29 is 10.0 Å². The fraction of sp³-hybridized carbons (Fsp3) is 0.455. The molecule has 2 rings (SSSR count). The molecule has 0 aliphatic heterocycles. The van der Waals surface area contributed by atoms with Gasteiger partial charge in [0.1, 0.15) is 0 Å². The highest BCUT2D eigenvalue weighted by Crippen LogP contribution is 2.43. The third-order valence-corrected chi connectivity index (χ3v) is 3.16. The molecule has 1 saturated carbocycles. The normalized spacial score (nSPS) is 28.6. The maximum atomic E-state index is 11.0. The lowest BCUT2D eigenvalue weighted by atomic mass is 9.70. The number of para-hydroxylation sites is 1. The Hall–Kier alpha value is -1.46. The SMILES string of the molecule is Cc1cccc(C2(N)CC(O)C2)c1[N+](=O)[O-]. The zero-order chi connectivity index (χ0) is 11.9. The van der Waals surface area contributed by atoms with Crippen molar-refractivity contribution in [3.8, 4) is 0 Å².